The molecule has 0 saturated heterocycles. The summed E-state index contributed by atoms with van der Waals surface area (Å²) < 4.78 is 40.4. The van der Waals surface area contributed by atoms with Crippen LogP contribution >= 0.6 is 11.3 Å². The Labute approximate surface area is 145 Å². The number of hydrogen-bond donors (Lipinski definition) is 0. The number of thiazole rings is 1. The number of aryl methyl sites for hydroxylation is 1. The van der Waals surface area contributed by atoms with Gasteiger partial charge in [0, 0.05) is 25.0 Å². The molecule has 0 fully saturated rings. The molecule has 3 heterocycles. The van der Waals surface area contributed by atoms with Crippen molar-refractivity contribution in [3.8, 4) is 0 Å². The third-order valence-electron chi connectivity index (χ3n) is 4.06. The standard InChI is InChI=1S/C17H13F3N4S/c1-23-16(7-15(22-23)17(18,19)20)24-9-12(14-8-21-10-25-14)6-11-4-2-3-5-13(11)24/h2-8,10H,9H2,1H3. The molecule has 0 aliphatic carbocycles. The Morgan fingerprint density at radius 1 is 1.20 bits per heavy atom. The van der Waals surface area contributed by atoms with Gasteiger partial charge in [-0.15, -0.1) is 11.3 Å². The SMILES string of the molecule is Cn1nc(C(F)(F)F)cc1N1CC(c2cncs2)=Cc2ccccc21. The number of benzene rings is 1. The second-order valence-electron chi connectivity index (χ2n) is 5.69. The maximum Gasteiger partial charge on any atom is 0.435 e. The summed E-state index contributed by atoms with van der Waals surface area (Å²) >= 11 is 1.51. The molecule has 0 atom stereocenters. The Morgan fingerprint density at radius 3 is 2.68 bits per heavy atom. The number of aromatic nitrogens is 3. The first kappa shape index (κ1) is 15.9. The summed E-state index contributed by atoms with van der Waals surface area (Å²) in [6.07, 6.45) is -0.644. The van der Waals surface area contributed by atoms with Gasteiger partial charge in [-0.05, 0) is 23.3 Å². The van der Waals surface area contributed by atoms with Crippen molar-refractivity contribution in [2.45, 2.75) is 6.18 Å². The van der Waals surface area contributed by atoms with Crippen LogP contribution in [0.3, 0.4) is 0 Å². The van der Waals surface area contributed by atoms with Gasteiger partial charge in [-0.2, -0.15) is 18.3 Å². The minimum Gasteiger partial charge on any atom is -0.322 e. The number of nitrogens with zero attached hydrogens (tertiary/aromatic N) is 4. The molecule has 0 radical (unpaired) electrons. The van der Waals surface area contributed by atoms with Crippen LogP contribution in [-0.4, -0.2) is 21.3 Å². The molecule has 0 saturated carbocycles. The quantitative estimate of drug-likeness (QED) is 0.669. The van der Waals surface area contributed by atoms with Crippen LogP contribution in [0.25, 0.3) is 11.6 Å². The first-order valence-corrected chi connectivity index (χ1v) is 8.38. The van der Waals surface area contributed by atoms with E-state index in [1.807, 2.05) is 29.2 Å². The van der Waals surface area contributed by atoms with E-state index in [1.165, 1.54) is 23.1 Å². The fourth-order valence-corrected chi connectivity index (χ4v) is 3.55. The van der Waals surface area contributed by atoms with E-state index in [9.17, 15) is 13.2 Å². The van der Waals surface area contributed by atoms with Crippen molar-refractivity contribution in [2.75, 3.05) is 11.4 Å². The number of hydrogen-bond acceptors (Lipinski definition) is 4. The summed E-state index contributed by atoms with van der Waals surface area (Å²) in [7, 11) is 1.53. The minimum absolute atomic E-state index is 0.398. The van der Waals surface area contributed by atoms with Crippen LogP contribution in [0.2, 0.25) is 0 Å². The zero-order valence-electron chi connectivity index (χ0n) is 13.2. The molecular weight excluding hydrogens is 349 g/mol. The lowest BCUT2D eigenvalue weighted by Gasteiger charge is -2.30. The van der Waals surface area contributed by atoms with Crippen molar-refractivity contribution in [1.29, 1.82) is 0 Å². The molecule has 0 bridgehead atoms. The monoisotopic (exact) mass is 362 g/mol. The number of para-hydroxylation sites is 1. The maximum absolute atomic E-state index is 13.0. The normalized spacial score (nSPS) is 14.4. The lowest BCUT2D eigenvalue weighted by Crippen LogP contribution is -2.25. The lowest BCUT2D eigenvalue weighted by molar-refractivity contribution is -0.141. The topological polar surface area (TPSA) is 34.0 Å². The Hall–Kier alpha value is -2.61. The zero-order chi connectivity index (χ0) is 17.6. The number of rotatable bonds is 2. The molecule has 25 heavy (non-hydrogen) atoms. The second kappa shape index (κ2) is 5.73. The average molecular weight is 362 g/mol. The second-order valence-corrected chi connectivity index (χ2v) is 6.58. The fraction of sp³-hybridized carbons (Fsp3) is 0.176. The molecule has 3 aromatic rings. The van der Waals surface area contributed by atoms with Crippen molar-refractivity contribution in [3.05, 3.63) is 58.2 Å². The Morgan fingerprint density at radius 2 is 2.00 bits per heavy atom. The van der Waals surface area contributed by atoms with Crippen molar-refractivity contribution >= 4 is 34.5 Å². The highest BCUT2D eigenvalue weighted by atomic mass is 32.1. The van der Waals surface area contributed by atoms with Gasteiger partial charge in [0.05, 0.1) is 16.9 Å². The van der Waals surface area contributed by atoms with E-state index in [0.29, 0.717) is 12.4 Å². The zero-order valence-corrected chi connectivity index (χ0v) is 14.0. The van der Waals surface area contributed by atoms with Crippen molar-refractivity contribution < 1.29 is 13.2 Å². The predicted molar refractivity (Wildman–Crippen MR) is 91.6 cm³/mol. The fourth-order valence-electron chi connectivity index (χ4n) is 2.92. The molecule has 4 nitrogen and oxygen atoms in total. The first-order chi connectivity index (χ1) is 11.9. The highest BCUT2D eigenvalue weighted by Gasteiger charge is 2.36. The number of alkyl halides is 3. The van der Waals surface area contributed by atoms with Crippen LogP contribution in [0.15, 0.2) is 42.0 Å². The van der Waals surface area contributed by atoms with Crippen molar-refractivity contribution in [2.24, 2.45) is 7.05 Å². The van der Waals surface area contributed by atoms with Gasteiger partial charge in [-0.1, -0.05) is 18.2 Å². The third-order valence-corrected chi connectivity index (χ3v) is 4.91. The van der Waals surface area contributed by atoms with E-state index in [0.717, 1.165) is 27.8 Å². The average Bonchev–Trinajstić information content (AvgIpc) is 3.23. The summed E-state index contributed by atoms with van der Waals surface area (Å²) in [6, 6.07) is 8.72. The van der Waals surface area contributed by atoms with Gasteiger partial charge in [-0.25, -0.2) is 0 Å². The summed E-state index contributed by atoms with van der Waals surface area (Å²) in [5.74, 6) is 0.398. The molecule has 2 aromatic heterocycles. The molecule has 8 heteroatoms. The van der Waals surface area contributed by atoms with Crippen molar-refractivity contribution in [1.82, 2.24) is 14.8 Å². The molecule has 0 spiro atoms. The van der Waals surface area contributed by atoms with Crippen LogP contribution in [0.5, 0.6) is 0 Å². The van der Waals surface area contributed by atoms with Crippen LogP contribution in [0, 0.1) is 0 Å². The molecular formula is C17H13F3N4S. The van der Waals surface area contributed by atoms with E-state index in [1.54, 1.807) is 11.7 Å². The lowest BCUT2D eigenvalue weighted by atomic mass is 10.0. The maximum atomic E-state index is 13.0. The van der Waals surface area contributed by atoms with Gasteiger partial charge < -0.3 is 4.90 Å². The first-order valence-electron chi connectivity index (χ1n) is 7.51. The molecule has 0 amide bonds. The van der Waals surface area contributed by atoms with Gasteiger partial charge in [-0.3, -0.25) is 9.67 Å². The summed E-state index contributed by atoms with van der Waals surface area (Å²) in [4.78, 5) is 6.95. The van der Waals surface area contributed by atoms with Gasteiger partial charge in [0.1, 0.15) is 5.82 Å². The molecule has 0 unspecified atom stereocenters. The molecule has 1 aliphatic heterocycles. The highest BCUT2D eigenvalue weighted by Crippen LogP contribution is 2.39. The Kier molecular flexibility index (Phi) is 3.64. The molecule has 0 N–H and O–H groups in total. The van der Waals surface area contributed by atoms with Crippen LogP contribution < -0.4 is 4.90 Å². The van der Waals surface area contributed by atoms with Gasteiger partial charge in [0.2, 0.25) is 0 Å². The molecule has 1 aromatic carbocycles. The molecule has 1 aliphatic rings. The van der Waals surface area contributed by atoms with Gasteiger partial charge in [0.15, 0.2) is 5.69 Å². The predicted octanol–water partition coefficient (Wildman–Crippen LogP) is 4.59. The van der Waals surface area contributed by atoms with Crippen LogP contribution in [0.4, 0.5) is 24.7 Å². The molecule has 4 rings (SSSR count). The van der Waals surface area contributed by atoms with Crippen LogP contribution in [-0.2, 0) is 13.2 Å². The number of halogens is 3. The minimum atomic E-state index is -4.47. The van der Waals surface area contributed by atoms with E-state index >= 15 is 0 Å². The van der Waals surface area contributed by atoms with Gasteiger partial charge in [0.25, 0.3) is 0 Å². The summed E-state index contributed by atoms with van der Waals surface area (Å²) in [5.41, 5.74) is 3.67. The van der Waals surface area contributed by atoms with Crippen LogP contribution in [0.1, 0.15) is 16.1 Å². The number of fused-ring (bicyclic) bond motifs is 1. The highest BCUT2D eigenvalue weighted by molar-refractivity contribution is 7.10. The van der Waals surface area contributed by atoms with Crippen molar-refractivity contribution in [3.63, 3.8) is 0 Å². The van der Waals surface area contributed by atoms with E-state index in [-0.39, 0.29) is 0 Å². The number of anilines is 2. The van der Waals surface area contributed by atoms with E-state index < -0.39 is 11.9 Å². The van der Waals surface area contributed by atoms with Gasteiger partial charge >= 0.3 is 6.18 Å². The Balaban J connectivity index is 1.83. The smallest absolute Gasteiger partial charge is 0.322 e. The summed E-state index contributed by atoms with van der Waals surface area (Å²) in [6.45, 7) is 0.454. The Bertz CT molecular complexity index is 941. The largest absolute Gasteiger partial charge is 0.435 e. The summed E-state index contributed by atoms with van der Waals surface area (Å²) in [5, 5.41) is 3.64. The van der Waals surface area contributed by atoms with E-state index in [4.69, 9.17) is 0 Å². The van der Waals surface area contributed by atoms with E-state index in [2.05, 4.69) is 16.2 Å². The molecule has 128 valence electrons. The third kappa shape index (κ3) is 2.82.